The Labute approximate surface area is 67.0 Å². The summed E-state index contributed by atoms with van der Waals surface area (Å²) in [5, 5.41) is 2.68. The first kappa shape index (κ1) is 7.35. The fourth-order valence-corrected chi connectivity index (χ4v) is 2.15. The lowest BCUT2D eigenvalue weighted by Crippen LogP contribution is -2.14. The van der Waals surface area contributed by atoms with Crippen molar-refractivity contribution in [2.45, 2.75) is 11.7 Å². The summed E-state index contributed by atoms with van der Waals surface area (Å²) < 4.78 is 0. The summed E-state index contributed by atoms with van der Waals surface area (Å²) in [6, 6.07) is 0. The first-order chi connectivity index (χ1) is 4.34. The Hall–Kier alpha value is 0.240. The average Bonchev–Trinajstić information content (AvgIpc) is 2.37. The minimum absolute atomic E-state index is 0.198. The molecule has 0 aliphatic carbocycles. The van der Waals surface area contributed by atoms with Crippen molar-refractivity contribution in [1.82, 2.24) is 0 Å². The Kier molecular flexibility index (Phi) is 2.79. The zero-order valence-corrected chi connectivity index (χ0v) is 7.24. The van der Waals surface area contributed by atoms with E-state index in [1.165, 1.54) is 0 Å². The molecule has 0 N–H and O–H groups in total. The number of thioether (sulfide) groups is 1. The number of allylic oxidation sites excluding steroid dienone is 1. The number of hydrogen-bond donors (Lipinski definition) is 0. The van der Waals surface area contributed by atoms with Gasteiger partial charge in [0.05, 0.1) is 10.6 Å². The fourth-order valence-electron chi connectivity index (χ4n) is 0.678. The van der Waals surface area contributed by atoms with Crippen molar-refractivity contribution in [2.75, 3.05) is 5.33 Å². The number of ketones is 1. The second-order valence-corrected chi connectivity index (χ2v) is 3.51. The Bertz CT molecular complexity index is 136. The summed E-state index contributed by atoms with van der Waals surface area (Å²) in [5.41, 5.74) is 0. The van der Waals surface area contributed by atoms with E-state index in [2.05, 4.69) is 15.9 Å². The molecule has 0 spiro atoms. The van der Waals surface area contributed by atoms with Gasteiger partial charge in [-0.3, -0.25) is 4.79 Å². The van der Waals surface area contributed by atoms with Crippen molar-refractivity contribution in [3.05, 3.63) is 11.5 Å². The van der Waals surface area contributed by atoms with Crippen LogP contribution in [0.25, 0.3) is 0 Å². The molecule has 1 atom stereocenters. The van der Waals surface area contributed by atoms with E-state index in [1.54, 1.807) is 11.8 Å². The average molecular weight is 207 g/mol. The Morgan fingerprint density at radius 3 is 3.11 bits per heavy atom. The van der Waals surface area contributed by atoms with Crippen LogP contribution < -0.4 is 0 Å². The van der Waals surface area contributed by atoms with E-state index in [9.17, 15) is 4.79 Å². The SMILES string of the molecule is O=C(CBr)C1CC=CS1. The van der Waals surface area contributed by atoms with Crippen LogP contribution in [0.4, 0.5) is 0 Å². The molecule has 0 amide bonds. The van der Waals surface area contributed by atoms with Gasteiger partial charge in [-0.2, -0.15) is 0 Å². The zero-order chi connectivity index (χ0) is 6.69. The van der Waals surface area contributed by atoms with E-state index >= 15 is 0 Å². The van der Waals surface area contributed by atoms with Crippen LogP contribution in [0.15, 0.2) is 11.5 Å². The highest BCUT2D eigenvalue weighted by Crippen LogP contribution is 2.24. The molecule has 1 unspecified atom stereocenters. The third-order valence-corrected chi connectivity index (χ3v) is 2.87. The summed E-state index contributed by atoms with van der Waals surface area (Å²) >= 11 is 4.75. The molecule has 0 saturated carbocycles. The van der Waals surface area contributed by atoms with Crippen LogP contribution in [0.2, 0.25) is 0 Å². The molecule has 0 aromatic heterocycles. The molecule has 0 saturated heterocycles. The van der Waals surface area contributed by atoms with Crippen molar-refractivity contribution in [3.63, 3.8) is 0 Å². The van der Waals surface area contributed by atoms with Crippen LogP contribution in [-0.4, -0.2) is 16.4 Å². The second kappa shape index (κ2) is 3.42. The van der Waals surface area contributed by atoms with Gasteiger partial charge in [-0.25, -0.2) is 0 Å². The van der Waals surface area contributed by atoms with E-state index in [-0.39, 0.29) is 5.25 Å². The van der Waals surface area contributed by atoms with Crippen LogP contribution in [-0.2, 0) is 4.79 Å². The van der Waals surface area contributed by atoms with E-state index < -0.39 is 0 Å². The number of halogens is 1. The van der Waals surface area contributed by atoms with Crippen molar-refractivity contribution < 1.29 is 4.79 Å². The summed E-state index contributed by atoms with van der Waals surface area (Å²) in [7, 11) is 0. The lowest BCUT2D eigenvalue weighted by molar-refractivity contribution is -0.115. The summed E-state index contributed by atoms with van der Waals surface area (Å²) in [6.45, 7) is 0. The molecular formula is C6H7BrOS. The maximum atomic E-state index is 10.9. The second-order valence-electron chi connectivity index (χ2n) is 1.83. The summed E-state index contributed by atoms with van der Waals surface area (Å²) in [5.74, 6) is 0.296. The van der Waals surface area contributed by atoms with Crippen LogP contribution >= 0.6 is 27.7 Å². The number of carbonyl (C=O) groups is 1. The molecule has 9 heavy (non-hydrogen) atoms. The molecular weight excluding hydrogens is 200 g/mol. The predicted molar refractivity (Wildman–Crippen MR) is 43.9 cm³/mol. The van der Waals surface area contributed by atoms with E-state index in [1.807, 2.05) is 11.5 Å². The first-order valence-electron chi connectivity index (χ1n) is 2.73. The van der Waals surface area contributed by atoms with E-state index in [4.69, 9.17) is 0 Å². The summed E-state index contributed by atoms with van der Waals surface area (Å²) in [6.07, 6.45) is 2.95. The van der Waals surface area contributed by atoms with Gasteiger partial charge in [-0.1, -0.05) is 22.0 Å². The van der Waals surface area contributed by atoms with Crippen LogP contribution in [0.5, 0.6) is 0 Å². The number of rotatable bonds is 2. The standard InChI is InChI=1S/C6H7BrOS/c7-4-5(8)6-2-1-3-9-6/h1,3,6H,2,4H2. The van der Waals surface area contributed by atoms with E-state index in [0.29, 0.717) is 11.1 Å². The molecule has 1 heterocycles. The molecule has 0 aromatic carbocycles. The third kappa shape index (κ3) is 1.83. The van der Waals surface area contributed by atoms with Gasteiger partial charge in [0.1, 0.15) is 0 Å². The molecule has 1 aliphatic heterocycles. The van der Waals surface area contributed by atoms with Gasteiger partial charge in [0.2, 0.25) is 0 Å². The largest absolute Gasteiger partial charge is 0.297 e. The normalized spacial score (nSPS) is 24.8. The maximum absolute atomic E-state index is 10.9. The molecule has 1 rings (SSSR count). The summed E-state index contributed by atoms with van der Waals surface area (Å²) in [4.78, 5) is 10.9. The minimum atomic E-state index is 0.198. The van der Waals surface area contributed by atoms with Crippen molar-refractivity contribution in [3.8, 4) is 0 Å². The van der Waals surface area contributed by atoms with Crippen LogP contribution in [0.1, 0.15) is 6.42 Å². The molecule has 50 valence electrons. The van der Waals surface area contributed by atoms with Gasteiger partial charge in [-0.15, -0.1) is 11.8 Å². The topological polar surface area (TPSA) is 17.1 Å². The fraction of sp³-hybridized carbons (Fsp3) is 0.500. The molecule has 3 heteroatoms. The third-order valence-electron chi connectivity index (χ3n) is 1.18. The van der Waals surface area contributed by atoms with Crippen molar-refractivity contribution in [1.29, 1.82) is 0 Å². The van der Waals surface area contributed by atoms with Gasteiger partial charge in [0.25, 0.3) is 0 Å². The van der Waals surface area contributed by atoms with Crippen LogP contribution in [0.3, 0.4) is 0 Å². The van der Waals surface area contributed by atoms with Crippen LogP contribution in [0, 0.1) is 0 Å². The number of Topliss-reactive ketones (excluding diaryl/α,β-unsaturated/α-hetero) is 1. The van der Waals surface area contributed by atoms with Gasteiger partial charge >= 0.3 is 0 Å². The molecule has 0 fully saturated rings. The highest BCUT2D eigenvalue weighted by Gasteiger charge is 2.17. The maximum Gasteiger partial charge on any atom is 0.156 e. The van der Waals surface area contributed by atoms with E-state index in [0.717, 1.165) is 6.42 Å². The quantitative estimate of drug-likeness (QED) is 0.644. The van der Waals surface area contributed by atoms with Gasteiger partial charge in [0.15, 0.2) is 5.78 Å². The Morgan fingerprint density at radius 2 is 2.67 bits per heavy atom. The van der Waals surface area contributed by atoms with Gasteiger partial charge < -0.3 is 0 Å². The highest BCUT2D eigenvalue weighted by molar-refractivity contribution is 9.09. The molecule has 1 nitrogen and oxygen atoms in total. The molecule has 0 aromatic rings. The predicted octanol–water partition coefficient (Wildman–Crippen LogP) is 1.97. The Balaban J connectivity index is 2.36. The van der Waals surface area contributed by atoms with Crippen molar-refractivity contribution in [2.24, 2.45) is 0 Å². The smallest absolute Gasteiger partial charge is 0.156 e. The lowest BCUT2D eigenvalue weighted by Gasteiger charge is -2.01. The first-order valence-corrected chi connectivity index (χ1v) is 4.80. The minimum Gasteiger partial charge on any atom is -0.297 e. The number of hydrogen-bond acceptors (Lipinski definition) is 2. The molecule has 1 aliphatic rings. The highest BCUT2D eigenvalue weighted by atomic mass is 79.9. The molecule has 0 bridgehead atoms. The molecule has 0 radical (unpaired) electrons. The number of carbonyl (C=O) groups excluding carboxylic acids is 1. The van der Waals surface area contributed by atoms with Crippen molar-refractivity contribution >= 4 is 33.5 Å². The van der Waals surface area contributed by atoms with Gasteiger partial charge in [0, 0.05) is 0 Å². The monoisotopic (exact) mass is 206 g/mol. The lowest BCUT2D eigenvalue weighted by atomic mass is 10.2. The zero-order valence-electron chi connectivity index (χ0n) is 4.84. The Morgan fingerprint density at radius 1 is 1.89 bits per heavy atom. The number of alkyl halides is 1. The van der Waals surface area contributed by atoms with Gasteiger partial charge in [-0.05, 0) is 11.8 Å².